The number of para-hydroxylation sites is 1. The van der Waals surface area contributed by atoms with Gasteiger partial charge in [-0.05, 0) is 43.4 Å². The molecule has 0 aliphatic carbocycles. The molecule has 0 radical (unpaired) electrons. The Morgan fingerprint density at radius 3 is 3.07 bits per heavy atom. The Hall–Kier alpha value is -2.76. The van der Waals surface area contributed by atoms with Crippen LogP contribution in [0.15, 0.2) is 47.8 Å². The minimum Gasteiger partial charge on any atom is -0.361 e. The van der Waals surface area contributed by atoms with E-state index in [2.05, 4.69) is 63.9 Å². The van der Waals surface area contributed by atoms with Crippen LogP contribution in [0, 0.1) is 0 Å². The number of fused-ring (bicyclic) bond motifs is 1. The number of H-pyrrole nitrogens is 1. The Morgan fingerprint density at radius 1 is 1.36 bits per heavy atom. The molecule has 1 atom stereocenters. The average Bonchev–Trinajstić information content (AvgIpc) is 3.44. The Balaban J connectivity index is 1.34. The molecule has 1 aliphatic rings. The number of likely N-dealkylation sites (tertiary alicyclic amines) is 1. The highest BCUT2D eigenvalue weighted by Crippen LogP contribution is 2.26. The van der Waals surface area contributed by atoms with Crippen LogP contribution in [-0.4, -0.2) is 51.8 Å². The van der Waals surface area contributed by atoms with Crippen LogP contribution in [0.3, 0.4) is 0 Å². The second kappa shape index (κ2) is 8.50. The second-order valence-corrected chi connectivity index (χ2v) is 7.58. The van der Waals surface area contributed by atoms with E-state index < -0.39 is 0 Å². The Bertz CT molecular complexity index is 937. The number of aromatic nitrogens is 3. The van der Waals surface area contributed by atoms with Crippen LogP contribution in [0.4, 0.5) is 0 Å². The summed E-state index contributed by atoms with van der Waals surface area (Å²) in [6.07, 6.45) is 9.53. The van der Waals surface area contributed by atoms with Crippen LogP contribution >= 0.6 is 0 Å². The fraction of sp³-hybridized carbons (Fsp3) is 0.455. The lowest BCUT2D eigenvalue weighted by Gasteiger charge is -2.21. The van der Waals surface area contributed by atoms with Crippen molar-refractivity contribution in [3.05, 3.63) is 54.0 Å². The molecular weight excluding hydrogens is 348 g/mol. The van der Waals surface area contributed by atoms with E-state index in [1.165, 1.54) is 22.0 Å². The van der Waals surface area contributed by atoms with Gasteiger partial charge in [-0.3, -0.25) is 9.67 Å². The van der Waals surface area contributed by atoms with Gasteiger partial charge in [-0.2, -0.15) is 5.10 Å². The lowest BCUT2D eigenvalue weighted by Crippen LogP contribution is -2.40. The Kier molecular flexibility index (Phi) is 5.65. The molecule has 1 aliphatic heterocycles. The van der Waals surface area contributed by atoms with Crippen molar-refractivity contribution in [2.45, 2.75) is 32.1 Å². The fourth-order valence-electron chi connectivity index (χ4n) is 4.09. The number of rotatable bonds is 6. The number of hydrogen-bond acceptors (Lipinski definition) is 2. The van der Waals surface area contributed by atoms with Crippen molar-refractivity contribution < 1.29 is 0 Å². The lowest BCUT2D eigenvalue weighted by atomic mass is 10.0. The standard InChI is InChI=1S/C22H30N6/c1-3-23-22(28-12-10-18(16-28)19-14-26-27(2)15-19)24-11-6-7-17-13-25-21-9-5-4-8-20(17)21/h4-5,8-9,13-15,18,25H,3,6-7,10-12,16H2,1-2H3,(H,23,24). The van der Waals surface area contributed by atoms with Gasteiger partial charge in [-0.1, -0.05) is 18.2 Å². The van der Waals surface area contributed by atoms with Gasteiger partial charge in [0.05, 0.1) is 6.20 Å². The van der Waals surface area contributed by atoms with E-state index in [0.29, 0.717) is 5.92 Å². The second-order valence-electron chi connectivity index (χ2n) is 7.58. The van der Waals surface area contributed by atoms with Crippen LogP contribution in [0.5, 0.6) is 0 Å². The zero-order chi connectivity index (χ0) is 19.3. The van der Waals surface area contributed by atoms with Gasteiger partial charge < -0.3 is 15.2 Å². The van der Waals surface area contributed by atoms with Gasteiger partial charge in [0, 0.05) is 62.4 Å². The molecule has 148 valence electrons. The third-order valence-corrected chi connectivity index (χ3v) is 5.56. The van der Waals surface area contributed by atoms with Crippen LogP contribution in [0.1, 0.15) is 36.8 Å². The molecule has 0 saturated carbocycles. The van der Waals surface area contributed by atoms with Gasteiger partial charge in [0.2, 0.25) is 0 Å². The molecule has 0 amide bonds. The largest absolute Gasteiger partial charge is 0.361 e. The first-order valence-electron chi connectivity index (χ1n) is 10.3. The number of benzene rings is 1. The first-order chi connectivity index (χ1) is 13.7. The molecule has 28 heavy (non-hydrogen) atoms. The van der Waals surface area contributed by atoms with Crippen LogP contribution < -0.4 is 5.32 Å². The molecule has 3 aromatic rings. The highest BCUT2D eigenvalue weighted by Gasteiger charge is 2.26. The summed E-state index contributed by atoms with van der Waals surface area (Å²) < 4.78 is 1.89. The number of aromatic amines is 1. The summed E-state index contributed by atoms with van der Waals surface area (Å²) in [5.41, 5.74) is 3.93. The monoisotopic (exact) mass is 378 g/mol. The SMILES string of the molecule is CCNC(=NCCCc1c[nH]c2ccccc12)N1CCC(c2cnn(C)c2)C1. The summed E-state index contributed by atoms with van der Waals surface area (Å²) >= 11 is 0. The normalized spacial score (nSPS) is 17.6. The zero-order valence-electron chi connectivity index (χ0n) is 16.9. The molecule has 6 heteroatoms. The maximum atomic E-state index is 4.91. The number of nitrogens with one attached hydrogen (secondary N) is 2. The summed E-state index contributed by atoms with van der Waals surface area (Å²) in [5.74, 6) is 1.59. The average molecular weight is 379 g/mol. The number of hydrogen-bond donors (Lipinski definition) is 2. The minimum absolute atomic E-state index is 0.545. The fourth-order valence-corrected chi connectivity index (χ4v) is 4.09. The molecule has 1 fully saturated rings. The van der Waals surface area contributed by atoms with Gasteiger partial charge in [0.25, 0.3) is 0 Å². The Morgan fingerprint density at radius 2 is 2.25 bits per heavy atom. The van der Waals surface area contributed by atoms with E-state index >= 15 is 0 Å². The van der Waals surface area contributed by atoms with E-state index in [9.17, 15) is 0 Å². The predicted octanol–water partition coefficient (Wildman–Crippen LogP) is 3.29. The summed E-state index contributed by atoms with van der Waals surface area (Å²) in [5, 5.41) is 9.13. The van der Waals surface area contributed by atoms with Crippen molar-refractivity contribution >= 4 is 16.9 Å². The van der Waals surface area contributed by atoms with Gasteiger partial charge in [0.15, 0.2) is 5.96 Å². The molecular formula is C22H30N6. The zero-order valence-corrected chi connectivity index (χ0v) is 16.9. The van der Waals surface area contributed by atoms with Crippen molar-refractivity contribution in [1.82, 2.24) is 25.0 Å². The first kappa shape index (κ1) is 18.6. The number of guanidine groups is 1. The smallest absolute Gasteiger partial charge is 0.193 e. The minimum atomic E-state index is 0.545. The number of aryl methyl sites for hydroxylation is 2. The molecule has 2 N–H and O–H groups in total. The first-order valence-corrected chi connectivity index (χ1v) is 10.3. The topological polar surface area (TPSA) is 61.2 Å². The number of nitrogens with zero attached hydrogens (tertiary/aromatic N) is 4. The van der Waals surface area contributed by atoms with Crippen molar-refractivity contribution in [3.8, 4) is 0 Å². The van der Waals surface area contributed by atoms with Crippen molar-refractivity contribution in [2.75, 3.05) is 26.2 Å². The quantitative estimate of drug-likeness (QED) is 0.393. The van der Waals surface area contributed by atoms with E-state index in [-0.39, 0.29) is 0 Å². The molecule has 4 rings (SSSR count). The molecule has 1 aromatic carbocycles. The summed E-state index contributed by atoms with van der Waals surface area (Å²) in [6, 6.07) is 8.50. The van der Waals surface area contributed by atoms with Gasteiger partial charge in [0.1, 0.15) is 0 Å². The van der Waals surface area contributed by atoms with Crippen molar-refractivity contribution in [2.24, 2.45) is 12.0 Å². The highest BCUT2D eigenvalue weighted by molar-refractivity contribution is 5.83. The molecule has 1 saturated heterocycles. The van der Waals surface area contributed by atoms with Gasteiger partial charge >= 0.3 is 0 Å². The van der Waals surface area contributed by atoms with Crippen LogP contribution in [-0.2, 0) is 13.5 Å². The van der Waals surface area contributed by atoms with E-state index in [1.54, 1.807) is 0 Å². The van der Waals surface area contributed by atoms with Crippen molar-refractivity contribution in [3.63, 3.8) is 0 Å². The molecule has 3 heterocycles. The van der Waals surface area contributed by atoms with Crippen molar-refractivity contribution in [1.29, 1.82) is 0 Å². The third-order valence-electron chi connectivity index (χ3n) is 5.56. The molecule has 0 bridgehead atoms. The maximum absolute atomic E-state index is 4.91. The molecule has 0 spiro atoms. The lowest BCUT2D eigenvalue weighted by molar-refractivity contribution is 0.485. The summed E-state index contributed by atoms with van der Waals surface area (Å²) in [6.45, 7) is 5.94. The maximum Gasteiger partial charge on any atom is 0.193 e. The summed E-state index contributed by atoms with van der Waals surface area (Å²) in [7, 11) is 1.98. The van der Waals surface area contributed by atoms with Crippen LogP contribution in [0.25, 0.3) is 10.9 Å². The molecule has 6 nitrogen and oxygen atoms in total. The van der Waals surface area contributed by atoms with E-state index in [4.69, 9.17) is 4.99 Å². The van der Waals surface area contributed by atoms with Gasteiger partial charge in [-0.15, -0.1) is 0 Å². The summed E-state index contributed by atoms with van der Waals surface area (Å²) in [4.78, 5) is 10.7. The Labute approximate surface area is 166 Å². The predicted molar refractivity (Wildman–Crippen MR) is 115 cm³/mol. The number of aliphatic imine (C=N–C) groups is 1. The van der Waals surface area contributed by atoms with E-state index in [1.807, 2.05) is 17.9 Å². The third kappa shape index (κ3) is 4.06. The molecule has 1 unspecified atom stereocenters. The molecule has 2 aromatic heterocycles. The van der Waals surface area contributed by atoms with E-state index in [0.717, 1.165) is 51.4 Å². The highest BCUT2D eigenvalue weighted by atomic mass is 15.3. The van der Waals surface area contributed by atoms with Crippen LogP contribution in [0.2, 0.25) is 0 Å². The van der Waals surface area contributed by atoms with Gasteiger partial charge in [-0.25, -0.2) is 0 Å².